The Balaban J connectivity index is 1.80. The molecule has 3 rings (SSSR count). The number of nitrogens with one attached hydrogen (secondary N) is 1. The molecule has 29 heavy (non-hydrogen) atoms. The molecule has 0 atom stereocenters. The second-order valence-electron chi connectivity index (χ2n) is 6.71. The number of carbonyl (C=O) groups excluding carboxylic acids is 2. The molecule has 1 N–H and O–H groups in total. The molecule has 1 aliphatic heterocycles. The van der Waals surface area contributed by atoms with Crippen LogP contribution >= 0.6 is 11.6 Å². The van der Waals surface area contributed by atoms with Gasteiger partial charge in [0.05, 0.1) is 23.9 Å². The summed E-state index contributed by atoms with van der Waals surface area (Å²) in [5.74, 6) is 0.891. The molecule has 2 amide bonds. The third-order valence-electron chi connectivity index (χ3n) is 4.55. The fourth-order valence-electron chi connectivity index (χ4n) is 3.14. The standard InChI is InChI=1S/C22H25ClN2O4/c1-3-12-29-19-10-7-15(13-20(19)28-4-2)22(27)24-18-14-16(8-9-17(18)23)25-11-5-6-21(25)26/h7-10,13-14H,3-6,11-12H2,1-2H3,(H,24,27). The molecule has 0 unspecified atom stereocenters. The quantitative estimate of drug-likeness (QED) is 0.664. The molecule has 2 aromatic rings. The average molecular weight is 417 g/mol. The minimum absolute atomic E-state index is 0.0774. The topological polar surface area (TPSA) is 67.9 Å². The Hall–Kier alpha value is -2.73. The predicted octanol–water partition coefficient (Wildman–Crippen LogP) is 4.91. The van der Waals surface area contributed by atoms with E-state index in [4.69, 9.17) is 21.1 Å². The Morgan fingerprint density at radius 2 is 1.97 bits per heavy atom. The molecule has 7 heteroatoms. The predicted molar refractivity (Wildman–Crippen MR) is 114 cm³/mol. The second-order valence-corrected chi connectivity index (χ2v) is 7.12. The van der Waals surface area contributed by atoms with Crippen molar-refractivity contribution < 1.29 is 19.1 Å². The van der Waals surface area contributed by atoms with Crippen molar-refractivity contribution in [1.82, 2.24) is 0 Å². The number of amides is 2. The van der Waals surface area contributed by atoms with Crippen LogP contribution < -0.4 is 19.7 Å². The number of halogens is 1. The first-order valence-corrected chi connectivity index (χ1v) is 10.2. The van der Waals surface area contributed by atoms with Crippen LogP contribution in [0.2, 0.25) is 5.02 Å². The van der Waals surface area contributed by atoms with Crippen LogP contribution in [-0.4, -0.2) is 31.6 Å². The van der Waals surface area contributed by atoms with Crippen molar-refractivity contribution in [2.75, 3.05) is 30.0 Å². The molecular weight excluding hydrogens is 392 g/mol. The molecule has 0 saturated carbocycles. The van der Waals surface area contributed by atoms with Crippen molar-refractivity contribution in [3.63, 3.8) is 0 Å². The van der Waals surface area contributed by atoms with E-state index in [0.29, 0.717) is 54.0 Å². The van der Waals surface area contributed by atoms with Gasteiger partial charge in [0, 0.05) is 24.2 Å². The Bertz CT molecular complexity index is 900. The monoisotopic (exact) mass is 416 g/mol. The maximum atomic E-state index is 12.8. The first-order chi connectivity index (χ1) is 14.0. The lowest BCUT2D eigenvalue weighted by molar-refractivity contribution is -0.117. The van der Waals surface area contributed by atoms with Gasteiger partial charge < -0.3 is 19.7 Å². The third kappa shape index (κ3) is 5.01. The van der Waals surface area contributed by atoms with Crippen LogP contribution in [0.25, 0.3) is 0 Å². The SMILES string of the molecule is CCCOc1ccc(C(=O)Nc2cc(N3CCCC3=O)ccc2Cl)cc1OCC. The van der Waals surface area contributed by atoms with E-state index < -0.39 is 0 Å². The Kier molecular flexibility index (Phi) is 6.99. The molecule has 6 nitrogen and oxygen atoms in total. The number of benzene rings is 2. The molecular formula is C22H25ClN2O4. The molecule has 1 aliphatic rings. The minimum Gasteiger partial charge on any atom is -0.490 e. The number of rotatable bonds is 8. The minimum atomic E-state index is -0.320. The van der Waals surface area contributed by atoms with Crippen LogP contribution in [0.3, 0.4) is 0 Å². The van der Waals surface area contributed by atoms with Gasteiger partial charge in [0.2, 0.25) is 5.91 Å². The summed E-state index contributed by atoms with van der Waals surface area (Å²) in [5.41, 5.74) is 1.61. The van der Waals surface area contributed by atoms with Crippen molar-refractivity contribution >= 4 is 34.8 Å². The van der Waals surface area contributed by atoms with Gasteiger partial charge in [-0.05, 0) is 56.2 Å². The summed E-state index contributed by atoms with van der Waals surface area (Å²) in [6, 6.07) is 10.3. The number of carbonyl (C=O) groups is 2. The van der Waals surface area contributed by atoms with Crippen molar-refractivity contribution in [1.29, 1.82) is 0 Å². The van der Waals surface area contributed by atoms with Crippen molar-refractivity contribution in [2.24, 2.45) is 0 Å². The van der Waals surface area contributed by atoms with Gasteiger partial charge in [0.15, 0.2) is 11.5 Å². The molecule has 0 aromatic heterocycles. The van der Waals surface area contributed by atoms with Gasteiger partial charge in [-0.3, -0.25) is 9.59 Å². The second kappa shape index (κ2) is 9.65. The first kappa shape index (κ1) is 21.0. The lowest BCUT2D eigenvalue weighted by atomic mass is 10.1. The highest BCUT2D eigenvalue weighted by Crippen LogP contribution is 2.32. The summed E-state index contributed by atoms with van der Waals surface area (Å²) in [7, 11) is 0. The van der Waals surface area contributed by atoms with Gasteiger partial charge in [-0.2, -0.15) is 0 Å². The molecule has 0 bridgehead atoms. The van der Waals surface area contributed by atoms with E-state index in [-0.39, 0.29) is 11.8 Å². The van der Waals surface area contributed by atoms with Crippen LogP contribution in [0.5, 0.6) is 11.5 Å². The normalized spacial score (nSPS) is 13.5. The van der Waals surface area contributed by atoms with Crippen LogP contribution in [0.4, 0.5) is 11.4 Å². The highest BCUT2D eigenvalue weighted by molar-refractivity contribution is 6.34. The zero-order chi connectivity index (χ0) is 20.8. The number of anilines is 2. The Morgan fingerprint density at radius 3 is 2.66 bits per heavy atom. The van der Waals surface area contributed by atoms with E-state index in [0.717, 1.165) is 18.5 Å². The highest BCUT2D eigenvalue weighted by atomic mass is 35.5. The van der Waals surface area contributed by atoms with Crippen LogP contribution in [-0.2, 0) is 4.79 Å². The molecule has 1 heterocycles. The number of hydrogen-bond donors (Lipinski definition) is 1. The zero-order valence-corrected chi connectivity index (χ0v) is 17.4. The maximum absolute atomic E-state index is 12.8. The molecule has 1 saturated heterocycles. The molecule has 0 aliphatic carbocycles. The summed E-state index contributed by atoms with van der Waals surface area (Å²) in [6.07, 6.45) is 2.24. The lowest BCUT2D eigenvalue weighted by Gasteiger charge is -2.18. The average Bonchev–Trinajstić information content (AvgIpc) is 3.14. The third-order valence-corrected chi connectivity index (χ3v) is 4.88. The summed E-state index contributed by atoms with van der Waals surface area (Å²) in [4.78, 5) is 26.5. The summed E-state index contributed by atoms with van der Waals surface area (Å²) >= 11 is 6.27. The summed E-state index contributed by atoms with van der Waals surface area (Å²) in [5, 5.41) is 3.24. The van der Waals surface area contributed by atoms with Crippen LogP contribution in [0.1, 0.15) is 43.5 Å². The van der Waals surface area contributed by atoms with Gasteiger partial charge in [-0.25, -0.2) is 0 Å². The molecule has 1 fully saturated rings. The lowest BCUT2D eigenvalue weighted by Crippen LogP contribution is -2.23. The van der Waals surface area contributed by atoms with E-state index in [9.17, 15) is 9.59 Å². The zero-order valence-electron chi connectivity index (χ0n) is 16.7. The van der Waals surface area contributed by atoms with Gasteiger partial charge in [0.25, 0.3) is 5.91 Å². The van der Waals surface area contributed by atoms with Gasteiger partial charge in [0.1, 0.15) is 0 Å². The Labute approximate surface area is 175 Å². The maximum Gasteiger partial charge on any atom is 0.255 e. The summed E-state index contributed by atoms with van der Waals surface area (Å²) in [6.45, 7) is 5.61. The van der Waals surface area contributed by atoms with E-state index in [2.05, 4.69) is 5.32 Å². The van der Waals surface area contributed by atoms with Gasteiger partial charge in [-0.15, -0.1) is 0 Å². The van der Waals surface area contributed by atoms with Crippen molar-refractivity contribution in [3.8, 4) is 11.5 Å². The largest absolute Gasteiger partial charge is 0.490 e. The number of nitrogens with zero attached hydrogens (tertiary/aromatic N) is 1. The molecule has 0 spiro atoms. The Morgan fingerprint density at radius 1 is 1.14 bits per heavy atom. The van der Waals surface area contributed by atoms with E-state index in [1.54, 1.807) is 41.3 Å². The summed E-state index contributed by atoms with van der Waals surface area (Å²) < 4.78 is 11.3. The van der Waals surface area contributed by atoms with Crippen molar-refractivity contribution in [3.05, 3.63) is 47.0 Å². The molecule has 154 valence electrons. The van der Waals surface area contributed by atoms with E-state index in [1.807, 2.05) is 13.8 Å². The fourth-order valence-corrected chi connectivity index (χ4v) is 3.31. The van der Waals surface area contributed by atoms with Crippen LogP contribution in [0, 0.1) is 0 Å². The van der Waals surface area contributed by atoms with Gasteiger partial charge in [-0.1, -0.05) is 18.5 Å². The van der Waals surface area contributed by atoms with Crippen molar-refractivity contribution in [2.45, 2.75) is 33.1 Å². The van der Waals surface area contributed by atoms with E-state index in [1.165, 1.54) is 0 Å². The fraction of sp³-hybridized carbons (Fsp3) is 0.364. The smallest absolute Gasteiger partial charge is 0.255 e. The molecule has 0 radical (unpaired) electrons. The number of ether oxygens (including phenoxy) is 2. The first-order valence-electron chi connectivity index (χ1n) is 9.84. The number of hydrogen-bond acceptors (Lipinski definition) is 4. The highest BCUT2D eigenvalue weighted by Gasteiger charge is 2.22. The van der Waals surface area contributed by atoms with E-state index >= 15 is 0 Å². The van der Waals surface area contributed by atoms with Gasteiger partial charge >= 0.3 is 0 Å². The molecule has 2 aromatic carbocycles. The van der Waals surface area contributed by atoms with Crippen LogP contribution in [0.15, 0.2) is 36.4 Å².